The predicted molar refractivity (Wildman–Crippen MR) is 83.8 cm³/mol. The lowest BCUT2D eigenvalue weighted by molar-refractivity contribution is 0.256. The molecular weight excluding hydrogens is 270 g/mol. The van der Waals surface area contributed by atoms with Crippen LogP contribution in [-0.4, -0.2) is 11.0 Å². The molecule has 0 radical (unpaired) electrons. The summed E-state index contributed by atoms with van der Waals surface area (Å²) in [6.07, 6.45) is 1.81. The predicted octanol–water partition coefficient (Wildman–Crippen LogP) is 4.10. The maximum atomic E-state index is 11.9. The topological polar surface area (TPSA) is 59.2 Å². The van der Waals surface area contributed by atoms with E-state index >= 15 is 0 Å². The minimum absolute atomic E-state index is 0.384. The van der Waals surface area contributed by atoms with E-state index in [1.54, 1.807) is 0 Å². The van der Waals surface area contributed by atoms with Crippen molar-refractivity contribution >= 4 is 28.2 Å². The van der Waals surface area contributed by atoms with Crippen LogP contribution >= 0.6 is 11.3 Å². The Bertz CT molecular complexity index is 634. The summed E-state index contributed by atoms with van der Waals surface area (Å²) in [7, 11) is 0. The molecule has 0 saturated heterocycles. The van der Waals surface area contributed by atoms with Crippen molar-refractivity contribution in [1.29, 1.82) is 0 Å². The number of benzene rings is 1. The molecule has 2 rings (SSSR count). The number of nitrogens with two attached hydrogens (primary N) is 1. The quantitative estimate of drug-likeness (QED) is 0.924. The van der Waals surface area contributed by atoms with Gasteiger partial charge in [-0.15, -0.1) is 11.3 Å². The van der Waals surface area contributed by atoms with Crippen molar-refractivity contribution in [2.75, 3.05) is 4.90 Å². The number of aromatic nitrogens is 1. The summed E-state index contributed by atoms with van der Waals surface area (Å²) in [4.78, 5) is 18.8. The van der Waals surface area contributed by atoms with Crippen molar-refractivity contribution in [3.05, 3.63) is 40.4 Å². The van der Waals surface area contributed by atoms with Crippen molar-refractivity contribution in [2.24, 2.45) is 5.73 Å². The molecule has 20 heavy (non-hydrogen) atoms. The summed E-state index contributed by atoms with van der Waals surface area (Å²) >= 11 is 1.50. The summed E-state index contributed by atoms with van der Waals surface area (Å²) in [5.74, 6) is 0.384. The third-order valence-corrected chi connectivity index (χ3v) is 4.59. The Morgan fingerprint density at radius 3 is 2.60 bits per heavy atom. The number of nitrogens with zero attached hydrogens (tertiary/aromatic N) is 2. The minimum atomic E-state index is -0.511. The molecule has 0 bridgehead atoms. The van der Waals surface area contributed by atoms with Gasteiger partial charge in [0.25, 0.3) is 0 Å². The van der Waals surface area contributed by atoms with Gasteiger partial charge >= 0.3 is 6.03 Å². The van der Waals surface area contributed by atoms with Gasteiger partial charge in [0.15, 0.2) is 5.13 Å². The van der Waals surface area contributed by atoms with Crippen molar-refractivity contribution < 1.29 is 4.79 Å². The molecule has 0 unspecified atom stereocenters. The fourth-order valence-corrected chi connectivity index (χ4v) is 2.88. The SMILES string of the molecule is Cc1cccc(N(C(N)=O)c2ncc(C(C)C)s2)c1C. The lowest BCUT2D eigenvalue weighted by Crippen LogP contribution is -2.32. The van der Waals surface area contributed by atoms with Crippen LogP contribution in [0.2, 0.25) is 0 Å². The van der Waals surface area contributed by atoms with Crippen molar-refractivity contribution in [3.63, 3.8) is 0 Å². The van der Waals surface area contributed by atoms with Crippen molar-refractivity contribution in [3.8, 4) is 0 Å². The van der Waals surface area contributed by atoms with Gasteiger partial charge in [-0.3, -0.25) is 0 Å². The van der Waals surface area contributed by atoms with Gasteiger partial charge in [-0.1, -0.05) is 26.0 Å². The summed E-state index contributed by atoms with van der Waals surface area (Å²) in [5.41, 5.74) is 8.51. The average Bonchev–Trinajstić information content (AvgIpc) is 2.84. The number of aryl methyl sites for hydroxylation is 1. The number of hydrogen-bond acceptors (Lipinski definition) is 3. The van der Waals surface area contributed by atoms with E-state index < -0.39 is 6.03 Å². The molecule has 0 aliphatic carbocycles. The Morgan fingerprint density at radius 2 is 2.05 bits per heavy atom. The zero-order valence-corrected chi connectivity index (χ0v) is 13.0. The highest BCUT2D eigenvalue weighted by Gasteiger charge is 2.21. The van der Waals surface area contributed by atoms with Crippen LogP contribution in [-0.2, 0) is 0 Å². The fourth-order valence-electron chi connectivity index (χ4n) is 1.94. The number of primary amides is 1. The molecule has 0 aliphatic rings. The van der Waals surface area contributed by atoms with Crippen molar-refractivity contribution in [1.82, 2.24) is 4.98 Å². The molecule has 2 N–H and O–H groups in total. The normalized spacial score (nSPS) is 10.8. The van der Waals surface area contributed by atoms with E-state index in [1.807, 2.05) is 38.2 Å². The molecule has 1 aromatic heterocycles. The first-order chi connectivity index (χ1) is 9.41. The molecule has 5 heteroatoms. The Kier molecular flexibility index (Phi) is 4.09. The summed E-state index contributed by atoms with van der Waals surface area (Å²) in [6.45, 7) is 8.20. The van der Waals surface area contributed by atoms with Crippen LogP contribution in [0.15, 0.2) is 24.4 Å². The highest BCUT2D eigenvalue weighted by Crippen LogP contribution is 2.34. The van der Waals surface area contributed by atoms with E-state index in [9.17, 15) is 4.79 Å². The van der Waals surface area contributed by atoms with Gasteiger partial charge in [0, 0.05) is 11.1 Å². The molecule has 0 saturated carbocycles. The summed E-state index contributed by atoms with van der Waals surface area (Å²) in [5, 5.41) is 0.620. The van der Waals surface area contributed by atoms with E-state index in [4.69, 9.17) is 5.73 Å². The van der Waals surface area contributed by atoms with Gasteiger partial charge in [-0.2, -0.15) is 0 Å². The minimum Gasteiger partial charge on any atom is -0.351 e. The maximum absolute atomic E-state index is 11.9. The van der Waals surface area contributed by atoms with E-state index in [0.29, 0.717) is 11.0 Å². The number of hydrogen-bond donors (Lipinski definition) is 1. The maximum Gasteiger partial charge on any atom is 0.325 e. The highest BCUT2D eigenvalue weighted by molar-refractivity contribution is 7.15. The number of carbonyl (C=O) groups excluding carboxylic acids is 1. The van der Waals surface area contributed by atoms with Gasteiger partial charge in [0.1, 0.15) is 0 Å². The summed E-state index contributed by atoms with van der Waals surface area (Å²) < 4.78 is 0. The highest BCUT2D eigenvalue weighted by atomic mass is 32.1. The van der Waals surface area contributed by atoms with E-state index in [-0.39, 0.29) is 0 Å². The smallest absolute Gasteiger partial charge is 0.325 e. The first kappa shape index (κ1) is 14.5. The van der Waals surface area contributed by atoms with Crippen LogP contribution in [0.3, 0.4) is 0 Å². The third kappa shape index (κ3) is 2.67. The average molecular weight is 289 g/mol. The van der Waals surface area contributed by atoms with E-state index in [0.717, 1.165) is 21.7 Å². The molecule has 0 spiro atoms. The largest absolute Gasteiger partial charge is 0.351 e. The monoisotopic (exact) mass is 289 g/mol. The number of rotatable bonds is 3. The van der Waals surface area contributed by atoms with Gasteiger partial charge in [-0.05, 0) is 37.0 Å². The number of anilines is 2. The third-order valence-electron chi connectivity index (χ3n) is 3.31. The number of amides is 2. The molecule has 1 heterocycles. The number of carbonyl (C=O) groups is 1. The standard InChI is InChI=1S/C15H19N3OS/c1-9(2)13-8-17-15(20-13)18(14(16)19)12-7-5-6-10(3)11(12)4/h5-9H,1-4H3,(H2,16,19). The lowest BCUT2D eigenvalue weighted by Gasteiger charge is -2.20. The first-order valence-electron chi connectivity index (χ1n) is 6.53. The van der Waals surface area contributed by atoms with Crippen LogP contribution in [0.25, 0.3) is 0 Å². The van der Waals surface area contributed by atoms with Crippen LogP contribution in [0.4, 0.5) is 15.6 Å². The molecule has 4 nitrogen and oxygen atoms in total. The van der Waals surface area contributed by atoms with Gasteiger partial charge < -0.3 is 5.73 Å². The molecule has 1 aromatic carbocycles. The van der Waals surface area contributed by atoms with Crippen LogP contribution in [0, 0.1) is 13.8 Å². The molecule has 106 valence electrons. The lowest BCUT2D eigenvalue weighted by atomic mass is 10.1. The molecule has 2 aromatic rings. The van der Waals surface area contributed by atoms with Crippen LogP contribution in [0.5, 0.6) is 0 Å². The second-order valence-electron chi connectivity index (χ2n) is 5.09. The zero-order chi connectivity index (χ0) is 14.9. The van der Waals surface area contributed by atoms with Gasteiger partial charge in [0.2, 0.25) is 0 Å². The molecular formula is C15H19N3OS. The fraction of sp³-hybridized carbons (Fsp3) is 0.333. The number of thiazole rings is 1. The molecule has 0 fully saturated rings. The van der Waals surface area contributed by atoms with Gasteiger partial charge in [-0.25, -0.2) is 14.7 Å². The second kappa shape index (κ2) is 5.63. The zero-order valence-electron chi connectivity index (χ0n) is 12.2. The van der Waals surface area contributed by atoms with E-state index in [2.05, 4.69) is 18.8 Å². The van der Waals surface area contributed by atoms with Crippen molar-refractivity contribution in [2.45, 2.75) is 33.6 Å². The molecule has 0 aliphatic heterocycles. The van der Waals surface area contributed by atoms with E-state index in [1.165, 1.54) is 16.2 Å². The molecule has 0 atom stereocenters. The Balaban J connectivity index is 2.51. The number of urea groups is 1. The Hall–Kier alpha value is -1.88. The van der Waals surface area contributed by atoms with Crippen LogP contribution in [0.1, 0.15) is 35.8 Å². The molecule has 2 amide bonds. The second-order valence-corrected chi connectivity index (χ2v) is 6.13. The summed E-state index contributed by atoms with van der Waals surface area (Å²) in [6, 6.07) is 5.32. The van der Waals surface area contributed by atoms with Gasteiger partial charge in [0.05, 0.1) is 5.69 Å². The van der Waals surface area contributed by atoms with Crippen LogP contribution < -0.4 is 10.6 Å². The Labute approximate surface area is 123 Å². The first-order valence-corrected chi connectivity index (χ1v) is 7.35. The Morgan fingerprint density at radius 1 is 1.35 bits per heavy atom.